The molecule has 26 heavy (non-hydrogen) atoms. The first-order chi connectivity index (χ1) is 12.5. The van der Waals surface area contributed by atoms with Crippen LogP contribution in [0.2, 0.25) is 0 Å². The third-order valence-electron chi connectivity index (χ3n) is 4.88. The Hall–Kier alpha value is -2.12. The van der Waals surface area contributed by atoms with Crippen molar-refractivity contribution in [2.45, 2.75) is 38.3 Å². The lowest BCUT2D eigenvalue weighted by Crippen LogP contribution is -2.47. The molecule has 1 unspecified atom stereocenters. The Balaban J connectivity index is 1.42. The first kappa shape index (κ1) is 17.3. The van der Waals surface area contributed by atoms with Crippen LogP contribution in [0.25, 0.3) is 0 Å². The fraction of sp³-hybridized carbons (Fsp3) is 0.579. The lowest BCUT2D eigenvalue weighted by atomic mass is 9.96. The van der Waals surface area contributed by atoms with Gasteiger partial charge in [-0.1, -0.05) is 11.2 Å². The van der Waals surface area contributed by atoms with E-state index in [1.165, 1.54) is 0 Å². The highest BCUT2D eigenvalue weighted by molar-refractivity contribution is 5.42. The molecule has 0 saturated carbocycles. The normalized spacial score (nSPS) is 22.5. The standard InChI is InChI=1S/C19H25N3O4/c1-19(2)12-22(6-7-25-19)10-17-20-18(26-21-17)14-8-13-4-5-15(23-3)9-16(13)24-11-14/h4-5,9,14H,6-8,10-12H2,1-3H3. The number of morpholine rings is 1. The molecule has 7 nitrogen and oxygen atoms in total. The third kappa shape index (κ3) is 3.68. The monoisotopic (exact) mass is 359 g/mol. The SMILES string of the molecule is COc1ccc2c(c1)OCC(c1nc(CN3CCOC(C)(C)C3)no1)C2. The van der Waals surface area contributed by atoms with Gasteiger partial charge in [-0.2, -0.15) is 4.98 Å². The molecule has 0 N–H and O–H groups in total. The van der Waals surface area contributed by atoms with E-state index in [0.29, 0.717) is 19.0 Å². The average molecular weight is 359 g/mol. The van der Waals surface area contributed by atoms with Gasteiger partial charge in [0.1, 0.15) is 18.1 Å². The fourth-order valence-corrected chi connectivity index (χ4v) is 3.58. The summed E-state index contributed by atoms with van der Waals surface area (Å²) in [5.41, 5.74) is 1.00. The fourth-order valence-electron chi connectivity index (χ4n) is 3.58. The van der Waals surface area contributed by atoms with Crippen molar-refractivity contribution >= 4 is 0 Å². The summed E-state index contributed by atoms with van der Waals surface area (Å²) in [5.74, 6) is 3.12. The predicted octanol–water partition coefficient (Wildman–Crippen LogP) is 2.41. The van der Waals surface area contributed by atoms with E-state index in [0.717, 1.165) is 49.0 Å². The van der Waals surface area contributed by atoms with E-state index in [4.69, 9.17) is 18.7 Å². The smallest absolute Gasteiger partial charge is 0.233 e. The van der Waals surface area contributed by atoms with Gasteiger partial charge in [0.15, 0.2) is 5.82 Å². The number of ether oxygens (including phenoxy) is 3. The molecule has 140 valence electrons. The highest BCUT2D eigenvalue weighted by Gasteiger charge is 2.30. The Kier molecular flexibility index (Phi) is 4.58. The molecule has 0 spiro atoms. The molecule has 1 fully saturated rings. The van der Waals surface area contributed by atoms with Crippen molar-refractivity contribution in [1.29, 1.82) is 0 Å². The van der Waals surface area contributed by atoms with Crippen molar-refractivity contribution in [3.05, 3.63) is 35.5 Å². The van der Waals surface area contributed by atoms with Gasteiger partial charge in [0, 0.05) is 19.2 Å². The molecule has 7 heteroatoms. The molecule has 0 amide bonds. The molecule has 3 heterocycles. The van der Waals surface area contributed by atoms with Crippen LogP contribution in [0.5, 0.6) is 11.5 Å². The Morgan fingerprint density at radius 2 is 2.23 bits per heavy atom. The minimum Gasteiger partial charge on any atom is -0.497 e. The van der Waals surface area contributed by atoms with Crippen LogP contribution < -0.4 is 9.47 Å². The van der Waals surface area contributed by atoms with Crippen LogP contribution in [0.15, 0.2) is 22.7 Å². The summed E-state index contributed by atoms with van der Waals surface area (Å²) in [5, 5.41) is 4.17. The summed E-state index contributed by atoms with van der Waals surface area (Å²) in [6.45, 7) is 7.89. The van der Waals surface area contributed by atoms with Gasteiger partial charge in [0.05, 0.1) is 31.8 Å². The summed E-state index contributed by atoms with van der Waals surface area (Å²) >= 11 is 0. The zero-order chi connectivity index (χ0) is 18.1. The van der Waals surface area contributed by atoms with Crippen molar-refractivity contribution in [3.8, 4) is 11.5 Å². The van der Waals surface area contributed by atoms with Crippen molar-refractivity contribution < 1.29 is 18.7 Å². The summed E-state index contributed by atoms with van der Waals surface area (Å²) in [6, 6.07) is 5.91. The van der Waals surface area contributed by atoms with Crippen LogP contribution in [-0.2, 0) is 17.7 Å². The summed E-state index contributed by atoms with van der Waals surface area (Å²) in [4.78, 5) is 6.92. The molecule has 1 aromatic heterocycles. The zero-order valence-corrected chi connectivity index (χ0v) is 15.5. The topological polar surface area (TPSA) is 69.9 Å². The van der Waals surface area contributed by atoms with Crippen LogP contribution >= 0.6 is 0 Å². The van der Waals surface area contributed by atoms with E-state index in [-0.39, 0.29) is 11.5 Å². The van der Waals surface area contributed by atoms with E-state index in [1.54, 1.807) is 7.11 Å². The van der Waals surface area contributed by atoms with E-state index in [1.807, 2.05) is 18.2 Å². The van der Waals surface area contributed by atoms with Gasteiger partial charge < -0.3 is 18.7 Å². The van der Waals surface area contributed by atoms with Crippen molar-refractivity contribution in [2.24, 2.45) is 0 Å². The van der Waals surface area contributed by atoms with Crippen molar-refractivity contribution in [2.75, 3.05) is 33.4 Å². The molecular formula is C19H25N3O4. The average Bonchev–Trinajstić information content (AvgIpc) is 3.08. The minimum absolute atomic E-state index is 0.0817. The highest BCUT2D eigenvalue weighted by atomic mass is 16.5. The van der Waals surface area contributed by atoms with Crippen molar-refractivity contribution in [1.82, 2.24) is 15.0 Å². The maximum absolute atomic E-state index is 5.88. The Labute approximate surface area is 153 Å². The molecule has 4 rings (SSSR count). The van der Waals surface area contributed by atoms with E-state index in [9.17, 15) is 0 Å². The van der Waals surface area contributed by atoms with Gasteiger partial charge in [-0.15, -0.1) is 0 Å². The van der Waals surface area contributed by atoms with Crippen LogP contribution in [0, 0.1) is 0 Å². The number of hydrogen-bond donors (Lipinski definition) is 0. The molecule has 2 aromatic rings. The van der Waals surface area contributed by atoms with E-state index >= 15 is 0 Å². The number of hydrogen-bond acceptors (Lipinski definition) is 7. The second-order valence-electron chi connectivity index (χ2n) is 7.55. The first-order valence-corrected chi connectivity index (χ1v) is 9.01. The van der Waals surface area contributed by atoms with Gasteiger partial charge in [-0.05, 0) is 31.9 Å². The maximum Gasteiger partial charge on any atom is 0.233 e. The number of fused-ring (bicyclic) bond motifs is 1. The number of benzene rings is 1. The zero-order valence-electron chi connectivity index (χ0n) is 15.5. The Bertz CT molecular complexity index is 774. The third-order valence-corrected chi connectivity index (χ3v) is 4.88. The molecule has 2 aliphatic rings. The van der Waals surface area contributed by atoms with E-state index < -0.39 is 0 Å². The predicted molar refractivity (Wildman–Crippen MR) is 94.5 cm³/mol. The number of nitrogens with zero attached hydrogens (tertiary/aromatic N) is 3. The quantitative estimate of drug-likeness (QED) is 0.830. The van der Waals surface area contributed by atoms with E-state index in [2.05, 4.69) is 28.9 Å². The summed E-state index contributed by atoms with van der Waals surface area (Å²) < 4.78 is 22.4. The molecule has 1 atom stereocenters. The van der Waals surface area contributed by atoms with Crippen molar-refractivity contribution in [3.63, 3.8) is 0 Å². The van der Waals surface area contributed by atoms with Gasteiger partial charge in [-0.3, -0.25) is 4.90 Å². The first-order valence-electron chi connectivity index (χ1n) is 9.01. The van der Waals surface area contributed by atoms with Crippen LogP contribution in [0.1, 0.15) is 37.0 Å². The molecule has 0 aliphatic carbocycles. The second-order valence-corrected chi connectivity index (χ2v) is 7.55. The lowest BCUT2D eigenvalue weighted by molar-refractivity contribution is -0.0888. The van der Waals surface area contributed by atoms with Gasteiger partial charge in [0.25, 0.3) is 0 Å². The molecular weight excluding hydrogens is 334 g/mol. The number of methoxy groups -OCH3 is 1. The lowest BCUT2D eigenvalue weighted by Gasteiger charge is -2.37. The summed E-state index contributed by atoms with van der Waals surface area (Å²) in [6.07, 6.45) is 0.825. The largest absolute Gasteiger partial charge is 0.497 e. The maximum atomic E-state index is 5.88. The Morgan fingerprint density at radius 3 is 3.04 bits per heavy atom. The molecule has 2 aliphatic heterocycles. The molecule has 1 saturated heterocycles. The number of rotatable bonds is 4. The molecule has 1 aromatic carbocycles. The van der Waals surface area contributed by atoms with Gasteiger partial charge in [0.2, 0.25) is 5.89 Å². The number of aromatic nitrogens is 2. The second kappa shape index (κ2) is 6.89. The van der Waals surface area contributed by atoms with Crippen LogP contribution in [-0.4, -0.2) is 54.1 Å². The molecule has 0 radical (unpaired) electrons. The minimum atomic E-state index is -0.132. The van der Waals surface area contributed by atoms with Gasteiger partial charge >= 0.3 is 0 Å². The Morgan fingerprint density at radius 1 is 1.35 bits per heavy atom. The molecule has 0 bridgehead atoms. The highest BCUT2D eigenvalue weighted by Crippen LogP contribution is 2.34. The van der Waals surface area contributed by atoms with Crippen LogP contribution in [0.4, 0.5) is 0 Å². The van der Waals surface area contributed by atoms with Gasteiger partial charge in [-0.25, -0.2) is 0 Å². The summed E-state index contributed by atoms with van der Waals surface area (Å²) in [7, 11) is 1.66. The van der Waals surface area contributed by atoms with Crippen LogP contribution in [0.3, 0.4) is 0 Å².